The molecule has 1 aromatic heterocycles. The molecule has 0 amide bonds. The molecule has 4 heteroatoms. The fraction of sp³-hybridized carbons (Fsp3) is 0.250. The molecule has 1 rings (SSSR count). The van der Waals surface area contributed by atoms with Gasteiger partial charge in [0.15, 0.2) is 5.15 Å². The predicted molar refractivity (Wildman–Crippen MR) is 32.5 cm³/mol. The summed E-state index contributed by atoms with van der Waals surface area (Å²) in [5, 5.41) is 3.61. The first kappa shape index (κ1) is 5.85. The van der Waals surface area contributed by atoms with Gasteiger partial charge >= 0.3 is 0 Å². The Morgan fingerprint density at radius 1 is 1.88 bits per heavy atom. The number of aromatic nitrogens is 1. The van der Waals surface area contributed by atoms with Crippen molar-refractivity contribution >= 4 is 22.9 Å². The van der Waals surface area contributed by atoms with Crippen LogP contribution in [0.15, 0.2) is 0 Å². The summed E-state index contributed by atoms with van der Waals surface area (Å²) >= 11 is 6.66. The fourth-order valence-corrected chi connectivity index (χ4v) is 0.979. The second-order valence-corrected chi connectivity index (χ2v) is 2.19. The fourth-order valence-electron chi connectivity index (χ4n) is 0.299. The van der Waals surface area contributed by atoms with Crippen LogP contribution in [0.3, 0.4) is 0 Å². The minimum absolute atomic E-state index is 0.367. The molecule has 1 radical (unpaired) electrons. The van der Waals surface area contributed by atoms with Gasteiger partial charge in [0.2, 0.25) is 0 Å². The van der Waals surface area contributed by atoms with Gasteiger partial charge in [0, 0.05) is 0 Å². The number of ether oxygens (including phenoxy) is 1. The van der Waals surface area contributed by atoms with E-state index in [9.17, 15) is 0 Å². The molecule has 0 saturated carbocycles. The number of hydrogen-bond donors (Lipinski definition) is 0. The van der Waals surface area contributed by atoms with E-state index in [-0.39, 0.29) is 0 Å². The number of rotatable bonds is 1. The first-order valence-electron chi connectivity index (χ1n) is 1.91. The third kappa shape index (κ3) is 1.11. The van der Waals surface area contributed by atoms with Crippen LogP contribution in [0.4, 0.5) is 0 Å². The van der Waals surface area contributed by atoms with E-state index < -0.39 is 0 Å². The van der Waals surface area contributed by atoms with E-state index >= 15 is 0 Å². The van der Waals surface area contributed by atoms with Gasteiger partial charge in [-0.15, -0.1) is 0 Å². The van der Waals surface area contributed by atoms with E-state index in [1.54, 1.807) is 7.11 Å². The Bertz CT molecular complexity index is 176. The SMILES string of the molecule is COc1nc(Cl)[c]s1. The molecular formula is C4H3ClNOS. The standard InChI is InChI=1S/C4H3ClNOS/c1-7-4-6-3(5)2-8-4/h1H3. The van der Waals surface area contributed by atoms with Crippen molar-refractivity contribution in [2.24, 2.45) is 0 Å². The monoisotopic (exact) mass is 148 g/mol. The maximum absolute atomic E-state index is 5.40. The van der Waals surface area contributed by atoms with Gasteiger partial charge < -0.3 is 4.74 Å². The van der Waals surface area contributed by atoms with E-state index in [1.165, 1.54) is 11.3 Å². The Kier molecular flexibility index (Phi) is 1.70. The quantitative estimate of drug-likeness (QED) is 0.604. The number of hydrogen-bond acceptors (Lipinski definition) is 3. The van der Waals surface area contributed by atoms with Crippen LogP contribution < -0.4 is 4.74 Å². The zero-order valence-corrected chi connectivity index (χ0v) is 5.71. The molecule has 0 atom stereocenters. The number of thiazole rings is 1. The summed E-state index contributed by atoms with van der Waals surface area (Å²) in [6.07, 6.45) is 0. The molecule has 0 spiro atoms. The Morgan fingerprint density at radius 3 is 2.88 bits per heavy atom. The lowest BCUT2D eigenvalue weighted by Gasteiger charge is -1.84. The van der Waals surface area contributed by atoms with Crippen molar-refractivity contribution in [1.29, 1.82) is 0 Å². The average Bonchev–Trinajstić information content (AvgIpc) is 2.14. The number of halogens is 1. The summed E-state index contributed by atoms with van der Waals surface area (Å²) in [6.45, 7) is 0. The van der Waals surface area contributed by atoms with Crippen molar-refractivity contribution in [2.45, 2.75) is 0 Å². The lowest BCUT2D eigenvalue weighted by Crippen LogP contribution is -1.77. The van der Waals surface area contributed by atoms with Gasteiger partial charge in [-0.25, -0.2) is 0 Å². The van der Waals surface area contributed by atoms with E-state index in [2.05, 4.69) is 10.4 Å². The lowest BCUT2D eigenvalue weighted by molar-refractivity contribution is 0.412. The van der Waals surface area contributed by atoms with Crippen LogP contribution in [0.2, 0.25) is 5.15 Å². The molecule has 0 N–H and O–H groups in total. The summed E-state index contributed by atoms with van der Waals surface area (Å²) in [6, 6.07) is 0. The van der Waals surface area contributed by atoms with Gasteiger partial charge in [-0.05, 0) is 0 Å². The molecule has 8 heavy (non-hydrogen) atoms. The molecule has 43 valence electrons. The van der Waals surface area contributed by atoms with E-state index in [1.807, 2.05) is 0 Å². The Balaban J connectivity index is 2.84. The van der Waals surface area contributed by atoms with Crippen LogP contribution in [-0.2, 0) is 0 Å². The Labute approximate surface area is 56.1 Å². The van der Waals surface area contributed by atoms with Crippen molar-refractivity contribution in [1.82, 2.24) is 4.98 Å². The van der Waals surface area contributed by atoms with Crippen LogP contribution in [0.5, 0.6) is 5.19 Å². The Morgan fingerprint density at radius 2 is 2.62 bits per heavy atom. The highest BCUT2D eigenvalue weighted by atomic mass is 35.5. The Hall–Kier alpha value is -0.280. The van der Waals surface area contributed by atoms with E-state index in [0.717, 1.165) is 0 Å². The summed E-state index contributed by atoms with van der Waals surface area (Å²) < 4.78 is 4.73. The van der Waals surface area contributed by atoms with Crippen LogP contribution in [0, 0.1) is 5.38 Å². The summed E-state index contributed by atoms with van der Waals surface area (Å²) in [5.74, 6) is 0. The third-order valence-electron chi connectivity index (χ3n) is 0.587. The average molecular weight is 149 g/mol. The molecular weight excluding hydrogens is 146 g/mol. The first-order valence-corrected chi connectivity index (χ1v) is 3.10. The molecule has 0 saturated heterocycles. The molecule has 0 aromatic carbocycles. The van der Waals surface area contributed by atoms with Crippen molar-refractivity contribution in [3.63, 3.8) is 0 Å². The largest absolute Gasteiger partial charge is 0.473 e. The molecule has 0 fully saturated rings. The van der Waals surface area contributed by atoms with Gasteiger partial charge in [0.25, 0.3) is 5.19 Å². The molecule has 1 aromatic rings. The maximum Gasteiger partial charge on any atom is 0.274 e. The molecule has 1 heterocycles. The molecule has 0 aliphatic heterocycles. The van der Waals surface area contributed by atoms with Crippen LogP contribution >= 0.6 is 22.9 Å². The summed E-state index contributed by atoms with van der Waals surface area (Å²) in [5.41, 5.74) is 0. The van der Waals surface area contributed by atoms with Crippen molar-refractivity contribution in [2.75, 3.05) is 7.11 Å². The zero-order chi connectivity index (χ0) is 5.98. The highest BCUT2D eigenvalue weighted by Gasteiger charge is 1.95. The molecule has 0 unspecified atom stereocenters. The van der Waals surface area contributed by atoms with Crippen molar-refractivity contribution < 1.29 is 4.74 Å². The molecule has 0 aliphatic carbocycles. The van der Waals surface area contributed by atoms with E-state index in [0.29, 0.717) is 10.3 Å². The topological polar surface area (TPSA) is 22.1 Å². The van der Waals surface area contributed by atoms with E-state index in [4.69, 9.17) is 16.3 Å². The zero-order valence-electron chi connectivity index (χ0n) is 4.14. The normalized spacial score (nSPS) is 9.25. The summed E-state index contributed by atoms with van der Waals surface area (Å²) in [4.78, 5) is 3.74. The van der Waals surface area contributed by atoms with Crippen LogP contribution in [0.25, 0.3) is 0 Å². The third-order valence-corrected chi connectivity index (χ3v) is 1.61. The van der Waals surface area contributed by atoms with Gasteiger partial charge in [0.05, 0.1) is 12.5 Å². The van der Waals surface area contributed by atoms with Crippen molar-refractivity contribution in [3.8, 4) is 5.19 Å². The van der Waals surface area contributed by atoms with Gasteiger partial charge in [-0.2, -0.15) is 4.98 Å². The highest BCUT2D eigenvalue weighted by Crippen LogP contribution is 2.19. The number of nitrogens with zero attached hydrogens (tertiary/aromatic N) is 1. The number of methoxy groups -OCH3 is 1. The van der Waals surface area contributed by atoms with Gasteiger partial charge in [-0.1, -0.05) is 22.9 Å². The van der Waals surface area contributed by atoms with Crippen LogP contribution in [-0.4, -0.2) is 12.1 Å². The minimum Gasteiger partial charge on any atom is -0.473 e. The second-order valence-electron chi connectivity index (χ2n) is 1.08. The smallest absolute Gasteiger partial charge is 0.274 e. The maximum atomic E-state index is 5.40. The first-order chi connectivity index (χ1) is 3.83. The molecule has 0 aliphatic rings. The van der Waals surface area contributed by atoms with Crippen molar-refractivity contribution in [3.05, 3.63) is 10.5 Å². The van der Waals surface area contributed by atoms with Crippen LogP contribution in [0.1, 0.15) is 0 Å². The van der Waals surface area contributed by atoms with Gasteiger partial charge in [0.1, 0.15) is 0 Å². The second kappa shape index (κ2) is 2.33. The summed E-state index contributed by atoms with van der Waals surface area (Å²) in [7, 11) is 1.54. The minimum atomic E-state index is 0.367. The predicted octanol–water partition coefficient (Wildman–Crippen LogP) is 1.61. The van der Waals surface area contributed by atoms with Gasteiger partial charge in [-0.3, -0.25) is 0 Å². The highest BCUT2D eigenvalue weighted by molar-refractivity contribution is 7.11. The molecule has 0 bridgehead atoms. The lowest BCUT2D eigenvalue weighted by atomic mass is 11.0. The molecule has 2 nitrogen and oxygen atoms in total.